The molecule has 0 spiro atoms. The fraction of sp³-hybridized carbons (Fsp3) is 0.375. The zero-order chi connectivity index (χ0) is 15.1. The van der Waals surface area contributed by atoms with Gasteiger partial charge in [0.2, 0.25) is 0 Å². The van der Waals surface area contributed by atoms with Crippen molar-refractivity contribution in [2.45, 2.75) is 37.4 Å². The number of rotatable bonds is 3. The van der Waals surface area contributed by atoms with Crippen molar-refractivity contribution in [3.05, 3.63) is 40.4 Å². The lowest BCUT2D eigenvalue weighted by atomic mass is 9.95. The van der Waals surface area contributed by atoms with E-state index in [0.29, 0.717) is 17.1 Å². The van der Waals surface area contributed by atoms with Crippen molar-refractivity contribution in [3.63, 3.8) is 0 Å². The van der Waals surface area contributed by atoms with E-state index in [-0.39, 0.29) is 11.9 Å². The van der Waals surface area contributed by atoms with Crippen LogP contribution in [0.2, 0.25) is 5.02 Å². The third kappa shape index (κ3) is 2.64. The Bertz CT molecular complexity index is 700. The SMILES string of the molecule is O=C(NC1CC2CCC1N2)c1ccc(-c2ccc(Cl)cn2)s1. The Morgan fingerprint density at radius 3 is 2.91 bits per heavy atom. The van der Waals surface area contributed by atoms with Gasteiger partial charge in [-0.05, 0) is 43.5 Å². The van der Waals surface area contributed by atoms with E-state index in [9.17, 15) is 4.79 Å². The monoisotopic (exact) mass is 333 g/mol. The molecule has 2 aliphatic rings. The van der Waals surface area contributed by atoms with E-state index in [1.54, 1.807) is 6.20 Å². The number of carbonyl (C=O) groups excluding carboxylic acids is 1. The van der Waals surface area contributed by atoms with E-state index in [1.165, 1.54) is 24.2 Å². The van der Waals surface area contributed by atoms with Crippen molar-refractivity contribution in [3.8, 4) is 10.6 Å². The molecule has 0 aliphatic carbocycles. The zero-order valence-corrected chi connectivity index (χ0v) is 13.5. The molecule has 2 bridgehead atoms. The molecule has 3 unspecified atom stereocenters. The highest BCUT2D eigenvalue weighted by molar-refractivity contribution is 7.17. The number of amides is 1. The summed E-state index contributed by atoms with van der Waals surface area (Å²) in [5, 5.41) is 7.32. The van der Waals surface area contributed by atoms with Crippen LogP contribution in [0.3, 0.4) is 0 Å². The van der Waals surface area contributed by atoms with Crippen LogP contribution in [0.5, 0.6) is 0 Å². The molecule has 2 saturated heterocycles. The Morgan fingerprint density at radius 2 is 2.23 bits per heavy atom. The summed E-state index contributed by atoms with van der Waals surface area (Å²) in [6.07, 6.45) is 5.08. The number of carbonyl (C=O) groups is 1. The molecule has 4 heterocycles. The summed E-state index contributed by atoms with van der Waals surface area (Å²) < 4.78 is 0. The lowest BCUT2D eigenvalue weighted by Crippen LogP contribution is -2.42. The number of thiophene rings is 1. The van der Waals surface area contributed by atoms with Gasteiger partial charge in [-0.25, -0.2) is 0 Å². The summed E-state index contributed by atoms with van der Waals surface area (Å²) in [6, 6.07) is 8.80. The van der Waals surface area contributed by atoms with Gasteiger partial charge in [-0.2, -0.15) is 0 Å². The summed E-state index contributed by atoms with van der Waals surface area (Å²) in [7, 11) is 0. The molecule has 2 aromatic heterocycles. The van der Waals surface area contributed by atoms with Gasteiger partial charge in [-0.15, -0.1) is 11.3 Å². The Labute approximate surface area is 137 Å². The minimum absolute atomic E-state index is 0.0181. The molecule has 1 amide bonds. The Balaban J connectivity index is 1.46. The lowest BCUT2D eigenvalue weighted by Gasteiger charge is -2.20. The number of pyridine rings is 1. The van der Waals surface area contributed by atoms with Gasteiger partial charge < -0.3 is 10.6 Å². The molecule has 22 heavy (non-hydrogen) atoms. The summed E-state index contributed by atoms with van der Waals surface area (Å²) >= 11 is 7.32. The van der Waals surface area contributed by atoms with E-state index in [1.807, 2.05) is 24.3 Å². The van der Waals surface area contributed by atoms with E-state index >= 15 is 0 Å². The Kier molecular flexibility index (Phi) is 3.64. The summed E-state index contributed by atoms with van der Waals surface area (Å²) in [5.41, 5.74) is 0.843. The smallest absolute Gasteiger partial charge is 0.261 e. The third-order valence-electron chi connectivity index (χ3n) is 4.43. The molecule has 2 N–H and O–H groups in total. The van der Waals surface area contributed by atoms with Crippen molar-refractivity contribution in [2.75, 3.05) is 0 Å². The molecule has 4 rings (SSSR count). The second-order valence-electron chi connectivity index (χ2n) is 5.89. The van der Waals surface area contributed by atoms with Gasteiger partial charge in [-0.3, -0.25) is 9.78 Å². The second kappa shape index (κ2) is 5.65. The van der Waals surface area contributed by atoms with Crippen LogP contribution in [-0.2, 0) is 0 Å². The van der Waals surface area contributed by atoms with E-state index in [0.717, 1.165) is 21.9 Å². The highest BCUT2D eigenvalue weighted by Crippen LogP contribution is 2.30. The van der Waals surface area contributed by atoms with Crippen molar-refractivity contribution in [2.24, 2.45) is 0 Å². The van der Waals surface area contributed by atoms with Crippen LogP contribution < -0.4 is 10.6 Å². The molecule has 6 heteroatoms. The van der Waals surface area contributed by atoms with Gasteiger partial charge in [0.25, 0.3) is 5.91 Å². The molecule has 2 aromatic rings. The minimum atomic E-state index is 0.0181. The number of hydrogen-bond acceptors (Lipinski definition) is 4. The minimum Gasteiger partial charge on any atom is -0.347 e. The van der Waals surface area contributed by atoms with Gasteiger partial charge in [-0.1, -0.05) is 11.6 Å². The van der Waals surface area contributed by atoms with Gasteiger partial charge in [0, 0.05) is 24.3 Å². The van der Waals surface area contributed by atoms with E-state index < -0.39 is 0 Å². The largest absolute Gasteiger partial charge is 0.347 e. The maximum Gasteiger partial charge on any atom is 0.261 e. The first-order valence-electron chi connectivity index (χ1n) is 7.48. The average Bonchev–Trinajstić information content (AvgIpc) is 3.24. The number of nitrogens with zero attached hydrogens (tertiary/aromatic N) is 1. The molecule has 114 valence electrons. The van der Waals surface area contributed by atoms with Crippen LogP contribution >= 0.6 is 22.9 Å². The Hall–Kier alpha value is -1.43. The van der Waals surface area contributed by atoms with E-state index in [4.69, 9.17) is 11.6 Å². The average molecular weight is 334 g/mol. The number of halogens is 1. The lowest BCUT2D eigenvalue weighted by molar-refractivity contribution is 0.0935. The molecule has 3 atom stereocenters. The molecular formula is C16H16ClN3OS. The molecular weight excluding hydrogens is 318 g/mol. The van der Waals surface area contributed by atoms with Crippen LogP contribution in [0.15, 0.2) is 30.5 Å². The molecule has 0 saturated carbocycles. The highest BCUT2D eigenvalue weighted by atomic mass is 35.5. The first kappa shape index (κ1) is 14.2. The first-order valence-corrected chi connectivity index (χ1v) is 8.67. The quantitative estimate of drug-likeness (QED) is 0.907. The van der Waals surface area contributed by atoms with Crippen LogP contribution in [0.1, 0.15) is 28.9 Å². The fourth-order valence-electron chi connectivity index (χ4n) is 3.34. The second-order valence-corrected chi connectivity index (χ2v) is 7.41. The number of fused-ring (bicyclic) bond motifs is 2. The summed E-state index contributed by atoms with van der Waals surface area (Å²) in [4.78, 5) is 18.4. The van der Waals surface area contributed by atoms with Gasteiger partial charge in [0.15, 0.2) is 0 Å². The topological polar surface area (TPSA) is 54.0 Å². The van der Waals surface area contributed by atoms with Crippen molar-refractivity contribution in [1.29, 1.82) is 0 Å². The maximum atomic E-state index is 12.4. The highest BCUT2D eigenvalue weighted by Gasteiger charge is 2.39. The number of hydrogen-bond donors (Lipinski definition) is 2. The van der Waals surface area contributed by atoms with Crippen molar-refractivity contribution < 1.29 is 4.79 Å². The van der Waals surface area contributed by atoms with Crippen molar-refractivity contribution >= 4 is 28.8 Å². The number of aromatic nitrogens is 1. The van der Waals surface area contributed by atoms with Gasteiger partial charge >= 0.3 is 0 Å². The standard InChI is InChI=1S/C16H16ClN3OS/c17-9-1-3-12(18-8-9)14-5-6-15(22-14)16(21)20-13-7-10-2-4-11(13)19-10/h1,3,5-6,8,10-11,13,19H,2,4,7H2,(H,20,21). The summed E-state index contributed by atoms with van der Waals surface area (Å²) in [6.45, 7) is 0. The third-order valence-corrected chi connectivity index (χ3v) is 5.76. The molecule has 2 fully saturated rings. The van der Waals surface area contributed by atoms with Crippen molar-refractivity contribution in [1.82, 2.24) is 15.6 Å². The first-order chi connectivity index (χ1) is 10.7. The molecule has 2 aliphatic heterocycles. The molecule has 0 aromatic carbocycles. The van der Waals surface area contributed by atoms with Crippen LogP contribution in [0, 0.1) is 0 Å². The van der Waals surface area contributed by atoms with Crippen LogP contribution in [-0.4, -0.2) is 29.0 Å². The Morgan fingerprint density at radius 1 is 1.32 bits per heavy atom. The molecule has 0 radical (unpaired) electrons. The number of nitrogens with one attached hydrogen (secondary N) is 2. The predicted octanol–water partition coefficient (Wildman–Crippen LogP) is 3.09. The summed E-state index contributed by atoms with van der Waals surface area (Å²) in [5.74, 6) is 0.0181. The van der Waals surface area contributed by atoms with E-state index in [2.05, 4.69) is 15.6 Å². The van der Waals surface area contributed by atoms with Gasteiger partial charge in [0.05, 0.1) is 20.5 Å². The zero-order valence-electron chi connectivity index (χ0n) is 11.9. The fourth-order valence-corrected chi connectivity index (χ4v) is 4.34. The van der Waals surface area contributed by atoms with Gasteiger partial charge in [0.1, 0.15) is 0 Å². The molecule has 4 nitrogen and oxygen atoms in total. The van der Waals surface area contributed by atoms with Crippen LogP contribution in [0.4, 0.5) is 0 Å². The van der Waals surface area contributed by atoms with Crippen LogP contribution in [0.25, 0.3) is 10.6 Å². The predicted molar refractivity (Wildman–Crippen MR) is 88.4 cm³/mol. The normalized spacial score (nSPS) is 26.3. The maximum absolute atomic E-state index is 12.4.